The van der Waals surface area contributed by atoms with Crippen molar-refractivity contribution in [2.75, 3.05) is 13.2 Å². The molecule has 3 heterocycles. The van der Waals surface area contributed by atoms with Crippen molar-refractivity contribution in [1.29, 1.82) is 0 Å². The molecule has 126 valence electrons. The van der Waals surface area contributed by atoms with Gasteiger partial charge in [0.25, 0.3) is 0 Å². The van der Waals surface area contributed by atoms with Crippen molar-refractivity contribution in [3.8, 4) is 0 Å². The van der Waals surface area contributed by atoms with Crippen LogP contribution in [0.25, 0.3) is 0 Å². The molecule has 1 aliphatic heterocycles. The van der Waals surface area contributed by atoms with Crippen LogP contribution in [0.2, 0.25) is 0 Å². The molecule has 0 bridgehead atoms. The van der Waals surface area contributed by atoms with Gasteiger partial charge in [-0.3, -0.25) is 14.8 Å². The molecule has 0 unspecified atom stereocenters. The zero-order chi connectivity index (χ0) is 16.6. The van der Waals surface area contributed by atoms with E-state index in [0.29, 0.717) is 19.5 Å². The summed E-state index contributed by atoms with van der Waals surface area (Å²) in [6, 6.07) is 7.82. The van der Waals surface area contributed by atoms with Crippen LogP contribution in [0.5, 0.6) is 0 Å². The summed E-state index contributed by atoms with van der Waals surface area (Å²) in [5.41, 5.74) is 2.18. The zero-order valence-corrected chi connectivity index (χ0v) is 13.8. The maximum Gasteiger partial charge on any atom is 0.223 e. The quantitative estimate of drug-likeness (QED) is 0.785. The number of rotatable bonds is 7. The molecule has 0 spiro atoms. The maximum absolute atomic E-state index is 12.7. The maximum atomic E-state index is 12.7. The van der Waals surface area contributed by atoms with E-state index in [-0.39, 0.29) is 12.0 Å². The van der Waals surface area contributed by atoms with Gasteiger partial charge in [0.1, 0.15) is 0 Å². The lowest BCUT2D eigenvalue weighted by Gasteiger charge is -2.25. The number of aryl methyl sites for hydroxylation is 1. The van der Waals surface area contributed by atoms with E-state index in [1.165, 1.54) is 0 Å². The van der Waals surface area contributed by atoms with Gasteiger partial charge in [-0.25, -0.2) is 0 Å². The molecule has 2 aromatic rings. The van der Waals surface area contributed by atoms with Crippen LogP contribution in [0.1, 0.15) is 30.4 Å². The molecule has 24 heavy (non-hydrogen) atoms. The van der Waals surface area contributed by atoms with Crippen molar-refractivity contribution >= 4 is 5.91 Å². The first kappa shape index (κ1) is 16.6. The Labute approximate surface area is 142 Å². The Bertz CT molecular complexity index is 628. The van der Waals surface area contributed by atoms with Crippen molar-refractivity contribution in [2.45, 2.75) is 38.3 Å². The first-order valence-electron chi connectivity index (χ1n) is 8.48. The fourth-order valence-corrected chi connectivity index (χ4v) is 2.96. The van der Waals surface area contributed by atoms with E-state index in [2.05, 4.69) is 9.97 Å². The van der Waals surface area contributed by atoms with Crippen LogP contribution in [0.3, 0.4) is 0 Å². The number of ether oxygens (including phenoxy) is 1. The van der Waals surface area contributed by atoms with Crippen LogP contribution < -0.4 is 0 Å². The molecule has 5 nitrogen and oxygen atoms in total. The van der Waals surface area contributed by atoms with Crippen LogP contribution in [-0.2, 0) is 22.5 Å². The van der Waals surface area contributed by atoms with E-state index < -0.39 is 0 Å². The summed E-state index contributed by atoms with van der Waals surface area (Å²) in [6.45, 7) is 2.05. The fourth-order valence-electron chi connectivity index (χ4n) is 2.96. The standard InChI is InChI=1S/C19H23N3O2/c23-19(6-5-16-7-10-20-11-8-16)22(15-18-4-2-12-24-18)14-17-3-1-9-21-13-17/h1,3,7-11,13,18H,2,4-6,12,14-15H2/t18-/m0/s1. The lowest BCUT2D eigenvalue weighted by Crippen LogP contribution is -2.37. The highest BCUT2D eigenvalue weighted by Crippen LogP contribution is 2.16. The van der Waals surface area contributed by atoms with Gasteiger partial charge in [0.2, 0.25) is 5.91 Å². The van der Waals surface area contributed by atoms with Crippen molar-refractivity contribution < 1.29 is 9.53 Å². The number of nitrogens with zero attached hydrogens (tertiary/aromatic N) is 3. The Morgan fingerprint density at radius 1 is 1.17 bits per heavy atom. The van der Waals surface area contributed by atoms with Gasteiger partial charge in [0.05, 0.1) is 6.10 Å². The highest BCUT2D eigenvalue weighted by atomic mass is 16.5. The molecule has 1 fully saturated rings. The summed E-state index contributed by atoms with van der Waals surface area (Å²) in [5, 5.41) is 0. The van der Waals surface area contributed by atoms with E-state index in [1.54, 1.807) is 18.6 Å². The molecule has 1 saturated heterocycles. The van der Waals surface area contributed by atoms with E-state index in [0.717, 1.165) is 37.0 Å². The Hall–Kier alpha value is -2.27. The normalized spacial score (nSPS) is 16.9. The molecular formula is C19H23N3O2. The zero-order valence-electron chi connectivity index (χ0n) is 13.8. The molecule has 1 aliphatic rings. The molecule has 5 heteroatoms. The fraction of sp³-hybridized carbons (Fsp3) is 0.421. The Morgan fingerprint density at radius 2 is 2.04 bits per heavy atom. The molecule has 0 radical (unpaired) electrons. The molecule has 0 aliphatic carbocycles. The molecule has 0 saturated carbocycles. The average Bonchev–Trinajstić information content (AvgIpc) is 3.14. The largest absolute Gasteiger partial charge is 0.376 e. The summed E-state index contributed by atoms with van der Waals surface area (Å²) in [5.74, 6) is 0.158. The minimum atomic E-state index is 0.158. The van der Waals surface area contributed by atoms with E-state index in [1.807, 2.05) is 35.4 Å². The van der Waals surface area contributed by atoms with Crippen LogP contribution in [0, 0.1) is 0 Å². The number of hydrogen-bond donors (Lipinski definition) is 0. The SMILES string of the molecule is O=C(CCc1ccncc1)N(Cc1cccnc1)C[C@@H]1CCCO1. The Morgan fingerprint density at radius 3 is 2.75 bits per heavy atom. The van der Waals surface area contributed by atoms with Gasteiger partial charge in [-0.2, -0.15) is 0 Å². The van der Waals surface area contributed by atoms with Crippen LogP contribution in [-0.4, -0.2) is 40.0 Å². The molecule has 1 amide bonds. The summed E-state index contributed by atoms with van der Waals surface area (Å²) in [6.07, 6.45) is 10.6. The third kappa shape index (κ3) is 4.86. The van der Waals surface area contributed by atoms with Gasteiger partial charge >= 0.3 is 0 Å². The first-order chi connectivity index (χ1) is 11.8. The number of carbonyl (C=O) groups is 1. The summed E-state index contributed by atoms with van der Waals surface area (Å²) in [7, 11) is 0. The van der Waals surface area contributed by atoms with Gasteiger partial charge in [0, 0.05) is 50.9 Å². The van der Waals surface area contributed by atoms with E-state index in [4.69, 9.17) is 4.74 Å². The second kappa shape index (κ2) is 8.55. The van der Waals surface area contributed by atoms with Crippen LogP contribution >= 0.6 is 0 Å². The third-order valence-electron chi connectivity index (χ3n) is 4.27. The Balaban J connectivity index is 1.62. The molecule has 3 rings (SSSR count). The van der Waals surface area contributed by atoms with Gasteiger partial charge in [0.15, 0.2) is 0 Å². The smallest absolute Gasteiger partial charge is 0.223 e. The third-order valence-corrected chi connectivity index (χ3v) is 4.27. The van der Waals surface area contributed by atoms with Crippen molar-refractivity contribution in [3.63, 3.8) is 0 Å². The van der Waals surface area contributed by atoms with Crippen molar-refractivity contribution in [2.24, 2.45) is 0 Å². The number of hydrogen-bond acceptors (Lipinski definition) is 4. The monoisotopic (exact) mass is 325 g/mol. The van der Waals surface area contributed by atoms with E-state index >= 15 is 0 Å². The molecule has 2 aromatic heterocycles. The van der Waals surface area contributed by atoms with Gasteiger partial charge in [-0.1, -0.05) is 6.07 Å². The molecule has 0 N–H and O–H groups in total. The molecular weight excluding hydrogens is 302 g/mol. The lowest BCUT2D eigenvalue weighted by atomic mass is 10.1. The molecule has 1 atom stereocenters. The highest BCUT2D eigenvalue weighted by molar-refractivity contribution is 5.76. The number of carbonyl (C=O) groups excluding carboxylic acids is 1. The predicted molar refractivity (Wildman–Crippen MR) is 91.2 cm³/mol. The second-order valence-corrected chi connectivity index (χ2v) is 6.13. The van der Waals surface area contributed by atoms with Crippen molar-refractivity contribution in [3.05, 3.63) is 60.2 Å². The highest BCUT2D eigenvalue weighted by Gasteiger charge is 2.22. The van der Waals surface area contributed by atoms with Crippen molar-refractivity contribution in [1.82, 2.24) is 14.9 Å². The number of aromatic nitrogens is 2. The number of amides is 1. The first-order valence-corrected chi connectivity index (χ1v) is 8.48. The number of pyridine rings is 2. The van der Waals surface area contributed by atoms with Gasteiger partial charge in [-0.15, -0.1) is 0 Å². The summed E-state index contributed by atoms with van der Waals surface area (Å²) >= 11 is 0. The predicted octanol–water partition coefficient (Wildman–Crippen LogP) is 2.62. The summed E-state index contributed by atoms with van der Waals surface area (Å²) < 4.78 is 5.72. The minimum absolute atomic E-state index is 0.158. The minimum Gasteiger partial charge on any atom is -0.376 e. The molecule has 0 aromatic carbocycles. The topological polar surface area (TPSA) is 55.3 Å². The lowest BCUT2D eigenvalue weighted by molar-refractivity contribution is -0.133. The van der Waals surface area contributed by atoms with Gasteiger partial charge < -0.3 is 9.64 Å². The second-order valence-electron chi connectivity index (χ2n) is 6.13. The average molecular weight is 325 g/mol. The summed E-state index contributed by atoms with van der Waals surface area (Å²) in [4.78, 5) is 22.8. The Kier molecular flexibility index (Phi) is 5.90. The van der Waals surface area contributed by atoms with E-state index in [9.17, 15) is 4.79 Å². The van der Waals surface area contributed by atoms with Gasteiger partial charge in [-0.05, 0) is 48.6 Å². The van der Waals surface area contributed by atoms with Crippen LogP contribution in [0.15, 0.2) is 49.1 Å². The van der Waals surface area contributed by atoms with Crippen LogP contribution in [0.4, 0.5) is 0 Å².